The van der Waals surface area contributed by atoms with Crippen LogP contribution < -0.4 is 10.2 Å². The van der Waals surface area contributed by atoms with Crippen LogP contribution in [0.25, 0.3) is 11.0 Å². The van der Waals surface area contributed by atoms with Crippen molar-refractivity contribution < 1.29 is 0 Å². The van der Waals surface area contributed by atoms with Gasteiger partial charge in [-0.1, -0.05) is 24.6 Å². The zero-order valence-electron chi connectivity index (χ0n) is 16.3. The van der Waals surface area contributed by atoms with Crippen molar-refractivity contribution in [1.82, 2.24) is 24.6 Å². The fourth-order valence-corrected chi connectivity index (χ4v) is 3.51. The first-order valence-corrected chi connectivity index (χ1v) is 9.65. The number of piperazine rings is 1. The second kappa shape index (κ2) is 7.52. The molecule has 3 aromatic rings. The van der Waals surface area contributed by atoms with Crippen molar-refractivity contribution >= 4 is 28.5 Å². The van der Waals surface area contributed by atoms with Crippen molar-refractivity contribution in [2.75, 3.05) is 42.9 Å². The molecule has 7 nitrogen and oxygen atoms in total. The highest BCUT2D eigenvalue weighted by Crippen LogP contribution is 2.26. The Hall–Kier alpha value is -2.67. The van der Waals surface area contributed by atoms with E-state index in [4.69, 9.17) is 9.97 Å². The van der Waals surface area contributed by atoms with Gasteiger partial charge in [0, 0.05) is 38.9 Å². The predicted molar refractivity (Wildman–Crippen MR) is 110 cm³/mol. The first-order chi connectivity index (χ1) is 13.1. The van der Waals surface area contributed by atoms with Gasteiger partial charge in [-0.15, -0.1) is 0 Å². The van der Waals surface area contributed by atoms with Gasteiger partial charge < -0.3 is 10.2 Å². The number of hydrogen-bond donors (Lipinski definition) is 1. The van der Waals surface area contributed by atoms with Crippen molar-refractivity contribution in [3.63, 3.8) is 0 Å². The average Bonchev–Trinajstić information content (AvgIpc) is 3.06. The largest absolute Gasteiger partial charge is 0.339 e. The molecule has 1 aliphatic rings. The Labute approximate surface area is 160 Å². The molecular formula is C20H27N7. The normalized spacial score (nSPS) is 15.4. The van der Waals surface area contributed by atoms with Crippen molar-refractivity contribution in [3.8, 4) is 0 Å². The van der Waals surface area contributed by atoms with E-state index < -0.39 is 0 Å². The molecule has 0 radical (unpaired) electrons. The summed E-state index contributed by atoms with van der Waals surface area (Å²) in [6.45, 7) is 9.50. The number of fused-ring (bicyclic) bond motifs is 1. The molecule has 0 saturated carbocycles. The van der Waals surface area contributed by atoms with Crippen molar-refractivity contribution in [3.05, 3.63) is 36.0 Å². The van der Waals surface area contributed by atoms with Crippen molar-refractivity contribution in [2.45, 2.75) is 20.3 Å². The minimum absolute atomic E-state index is 0.775. The maximum absolute atomic E-state index is 4.86. The lowest BCUT2D eigenvalue weighted by molar-refractivity contribution is 0.257. The molecular weight excluding hydrogens is 338 g/mol. The van der Waals surface area contributed by atoms with E-state index in [9.17, 15) is 0 Å². The molecule has 0 unspecified atom stereocenters. The average molecular weight is 365 g/mol. The monoisotopic (exact) mass is 365 g/mol. The number of rotatable bonds is 5. The quantitative estimate of drug-likeness (QED) is 0.750. The molecule has 1 saturated heterocycles. The van der Waals surface area contributed by atoms with E-state index in [0.29, 0.717) is 0 Å². The van der Waals surface area contributed by atoms with Crippen LogP contribution in [0.2, 0.25) is 0 Å². The zero-order chi connectivity index (χ0) is 18.8. The Kier molecular flexibility index (Phi) is 4.94. The topological polar surface area (TPSA) is 62.1 Å². The maximum atomic E-state index is 4.86. The molecule has 2 aromatic heterocycles. The Bertz CT molecular complexity index is 908. The number of anilines is 3. The van der Waals surface area contributed by atoms with E-state index in [1.54, 1.807) is 0 Å². The first kappa shape index (κ1) is 17.7. The number of aromatic nitrogens is 4. The van der Waals surface area contributed by atoms with Gasteiger partial charge in [0.15, 0.2) is 5.65 Å². The van der Waals surface area contributed by atoms with Crippen LogP contribution in [0.1, 0.15) is 18.9 Å². The Morgan fingerprint density at radius 2 is 1.78 bits per heavy atom. The highest BCUT2D eigenvalue weighted by molar-refractivity contribution is 5.89. The Balaban J connectivity index is 1.64. The molecule has 0 atom stereocenters. The van der Waals surface area contributed by atoms with E-state index in [0.717, 1.165) is 61.2 Å². The van der Waals surface area contributed by atoms with Crippen molar-refractivity contribution in [1.29, 1.82) is 0 Å². The molecule has 1 fully saturated rings. The molecule has 1 N–H and O–H groups in total. The van der Waals surface area contributed by atoms with Gasteiger partial charge in [-0.3, -0.25) is 9.58 Å². The van der Waals surface area contributed by atoms with Crippen LogP contribution >= 0.6 is 0 Å². The fourth-order valence-electron chi connectivity index (χ4n) is 3.51. The lowest BCUT2D eigenvalue weighted by atomic mass is 10.2. The fraction of sp³-hybridized carbons (Fsp3) is 0.450. The predicted octanol–water partition coefficient (Wildman–Crippen LogP) is 2.95. The number of aryl methyl sites for hydroxylation is 2. The molecule has 0 spiro atoms. The summed E-state index contributed by atoms with van der Waals surface area (Å²) in [5.41, 5.74) is 3.11. The SMILES string of the molecule is CCCN1CCN(c2nc(Nc3ccc(C)cc3)c3cnn(C)c3n2)CC1. The summed E-state index contributed by atoms with van der Waals surface area (Å²) in [5, 5.41) is 8.77. The van der Waals surface area contributed by atoms with Crippen LogP contribution in [0.3, 0.4) is 0 Å². The van der Waals surface area contributed by atoms with Crippen LogP contribution in [0.15, 0.2) is 30.5 Å². The summed E-state index contributed by atoms with van der Waals surface area (Å²) in [5.74, 6) is 1.58. The van der Waals surface area contributed by atoms with Gasteiger partial charge in [-0.05, 0) is 32.0 Å². The molecule has 1 aromatic carbocycles. The maximum Gasteiger partial charge on any atom is 0.229 e. The number of nitrogens with one attached hydrogen (secondary N) is 1. The van der Waals surface area contributed by atoms with Gasteiger partial charge >= 0.3 is 0 Å². The van der Waals surface area contributed by atoms with Crippen LogP contribution in [0.5, 0.6) is 0 Å². The minimum Gasteiger partial charge on any atom is -0.339 e. The summed E-state index contributed by atoms with van der Waals surface area (Å²) in [6.07, 6.45) is 3.02. The molecule has 3 heterocycles. The Morgan fingerprint density at radius 3 is 2.48 bits per heavy atom. The number of nitrogens with zero attached hydrogens (tertiary/aromatic N) is 6. The van der Waals surface area contributed by atoms with Gasteiger partial charge in [-0.2, -0.15) is 15.1 Å². The number of benzene rings is 1. The van der Waals surface area contributed by atoms with E-state index in [2.05, 4.69) is 58.3 Å². The van der Waals surface area contributed by atoms with E-state index in [1.807, 2.05) is 17.9 Å². The molecule has 0 bridgehead atoms. The van der Waals surface area contributed by atoms with Crippen LogP contribution in [0, 0.1) is 6.92 Å². The molecule has 7 heteroatoms. The third-order valence-corrected chi connectivity index (χ3v) is 5.09. The standard InChI is InChI=1S/C20H27N7/c1-4-9-26-10-12-27(13-11-26)20-23-18(17-14-21-25(3)19(17)24-20)22-16-7-5-15(2)6-8-16/h5-8,14H,4,9-13H2,1-3H3,(H,22,23,24). The van der Waals surface area contributed by atoms with Crippen LogP contribution in [-0.4, -0.2) is 57.4 Å². The third kappa shape index (κ3) is 3.73. The number of hydrogen-bond acceptors (Lipinski definition) is 6. The lowest BCUT2D eigenvalue weighted by Crippen LogP contribution is -2.47. The highest BCUT2D eigenvalue weighted by atomic mass is 15.4. The van der Waals surface area contributed by atoms with E-state index in [1.165, 1.54) is 12.0 Å². The Morgan fingerprint density at radius 1 is 1.04 bits per heavy atom. The van der Waals surface area contributed by atoms with Crippen molar-refractivity contribution in [2.24, 2.45) is 7.05 Å². The molecule has 0 amide bonds. The highest BCUT2D eigenvalue weighted by Gasteiger charge is 2.21. The van der Waals surface area contributed by atoms with E-state index >= 15 is 0 Å². The zero-order valence-corrected chi connectivity index (χ0v) is 16.3. The van der Waals surface area contributed by atoms with Gasteiger partial charge in [0.1, 0.15) is 5.82 Å². The summed E-state index contributed by atoms with van der Waals surface area (Å²) >= 11 is 0. The molecule has 1 aliphatic heterocycles. The third-order valence-electron chi connectivity index (χ3n) is 5.09. The van der Waals surface area contributed by atoms with Crippen LogP contribution in [-0.2, 0) is 7.05 Å². The molecule has 27 heavy (non-hydrogen) atoms. The smallest absolute Gasteiger partial charge is 0.229 e. The van der Waals surface area contributed by atoms with Gasteiger partial charge in [0.25, 0.3) is 0 Å². The van der Waals surface area contributed by atoms with Gasteiger partial charge in [0.05, 0.1) is 11.6 Å². The molecule has 4 rings (SSSR count). The first-order valence-electron chi connectivity index (χ1n) is 9.65. The summed E-state index contributed by atoms with van der Waals surface area (Å²) in [6, 6.07) is 8.33. The van der Waals surface area contributed by atoms with E-state index in [-0.39, 0.29) is 0 Å². The lowest BCUT2D eigenvalue weighted by Gasteiger charge is -2.34. The van der Waals surface area contributed by atoms with Gasteiger partial charge in [-0.25, -0.2) is 0 Å². The summed E-state index contributed by atoms with van der Waals surface area (Å²) < 4.78 is 1.81. The van der Waals surface area contributed by atoms with Crippen LogP contribution in [0.4, 0.5) is 17.5 Å². The van der Waals surface area contributed by atoms with Gasteiger partial charge in [0.2, 0.25) is 5.95 Å². The molecule has 142 valence electrons. The summed E-state index contributed by atoms with van der Waals surface area (Å²) in [4.78, 5) is 14.4. The minimum atomic E-state index is 0.775. The second-order valence-corrected chi connectivity index (χ2v) is 7.20. The summed E-state index contributed by atoms with van der Waals surface area (Å²) in [7, 11) is 1.92. The molecule has 0 aliphatic carbocycles. The second-order valence-electron chi connectivity index (χ2n) is 7.20.